The topological polar surface area (TPSA) is 134 Å². The van der Waals surface area contributed by atoms with Crippen molar-refractivity contribution in [2.75, 3.05) is 26.2 Å². The maximum atomic E-state index is 11.8. The van der Waals surface area contributed by atoms with Crippen LogP contribution in [0.15, 0.2) is 0 Å². The first kappa shape index (κ1) is 29.5. The van der Waals surface area contributed by atoms with Gasteiger partial charge in [0, 0.05) is 26.2 Å². The lowest BCUT2D eigenvalue weighted by Gasteiger charge is -2.35. The number of aliphatic carboxylic acids is 2. The third kappa shape index (κ3) is 9.77. The second kappa shape index (κ2) is 11.8. The SMILES string of the molecule is C[C@@H]1CN(C(=O)OC(C)(C)C)CC[C@@H]1C(=O)O.C[C@H]1CN(C(=O)OC(C)(C)C)CC[C@H]1C(=O)O. The van der Waals surface area contributed by atoms with Gasteiger partial charge in [-0.15, -0.1) is 0 Å². The largest absolute Gasteiger partial charge is 0.481 e. The molecule has 10 nitrogen and oxygen atoms in total. The molecule has 10 heteroatoms. The Bertz CT molecular complexity index is 678. The minimum atomic E-state index is -0.777. The van der Waals surface area contributed by atoms with Gasteiger partial charge in [0.25, 0.3) is 0 Å². The van der Waals surface area contributed by atoms with E-state index < -0.39 is 23.1 Å². The van der Waals surface area contributed by atoms with Gasteiger partial charge in [-0.2, -0.15) is 0 Å². The fourth-order valence-corrected chi connectivity index (χ4v) is 4.01. The number of amides is 2. The van der Waals surface area contributed by atoms with E-state index in [-0.39, 0.29) is 35.9 Å². The molecule has 2 aliphatic heterocycles. The first-order valence-electron chi connectivity index (χ1n) is 11.8. The van der Waals surface area contributed by atoms with Crippen molar-refractivity contribution < 1.29 is 38.9 Å². The standard InChI is InChI=1S/2C12H21NO4/c2*1-8-7-13(6-5-9(8)10(14)15)11(16)17-12(2,3)4/h2*8-9H,5-7H2,1-4H3,(H,14,15)/t2*8-,9+/m10/s1. The van der Waals surface area contributed by atoms with Crippen LogP contribution in [0.4, 0.5) is 9.59 Å². The minimum absolute atomic E-state index is 0.0335. The Morgan fingerprint density at radius 3 is 1.18 bits per heavy atom. The number of likely N-dealkylation sites (tertiary alicyclic amines) is 2. The second-order valence-electron chi connectivity index (χ2n) is 11.3. The zero-order valence-corrected chi connectivity index (χ0v) is 21.8. The predicted molar refractivity (Wildman–Crippen MR) is 125 cm³/mol. The third-order valence-electron chi connectivity index (χ3n) is 5.75. The summed E-state index contributed by atoms with van der Waals surface area (Å²) in [5, 5.41) is 18.0. The van der Waals surface area contributed by atoms with Crippen LogP contribution < -0.4 is 0 Å². The van der Waals surface area contributed by atoms with E-state index in [0.717, 1.165) is 0 Å². The molecule has 2 fully saturated rings. The van der Waals surface area contributed by atoms with Gasteiger partial charge in [0.05, 0.1) is 11.8 Å². The number of ether oxygens (including phenoxy) is 2. The molecule has 0 unspecified atom stereocenters. The fraction of sp³-hybridized carbons (Fsp3) is 0.833. The Hall–Kier alpha value is -2.52. The van der Waals surface area contributed by atoms with Crippen LogP contribution >= 0.6 is 0 Å². The first-order chi connectivity index (χ1) is 15.4. The number of carboxylic acid groups (broad SMARTS) is 2. The zero-order chi connectivity index (χ0) is 26.4. The molecule has 0 radical (unpaired) electrons. The van der Waals surface area contributed by atoms with Gasteiger partial charge in [0.15, 0.2) is 0 Å². The van der Waals surface area contributed by atoms with Crippen molar-refractivity contribution in [2.24, 2.45) is 23.7 Å². The Labute approximate surface area is 202 Å². The average Bonchev–Trinajstić information content (AvgIpc) is 2.65. The Balaban J connectivity index is 0.000000340. The van der Waals surface area contributed by atoms with Crippen molar-refractivity contribution in [3.8, 4) is 0 Å². The molecule has 4 atom stereocenters. The summed E-state index contributed by atoms with van der Waals surface area (Å²) >= 11 is 0. The molecule has 2 aliphatic rings. The molecular formula is C24H42N2O8. The van der Waals surface area contributed by atoms with Gasteiger partial charge in [0.2, 0.25) is 0 Å². The Kier molecular flexibility index (Phi) is 10.2. The molecule has 0 bridgehead atoms. The smallest absolute Gasteiger partial charge is 0.410 e. The lowest BCUT2D eigenvalue weighted by atomic mass is 9.87. The highest BCUT2D eigenvalue weighted by Gasteiger charge is 2.35. The number of piperidine rings is 2. The van der Waals surface area contributed by atoms with Gasteiger partial charge >= 0.3 is 24.1 Å². The molecule has 2 N–H and O–H groups in total. The molecular weight excluding hydrogens is 444 g/mol. The first-order valence-corrected chi connectivity index (χ1v) is 11.8. The third-order valence-corrected chi connectivity index (χ3v) is 5.75. The number of rotatable bonds is 2. The van der Waals surface area contributed by atoms with Crippen LogP contribution in [0.5, 0.6) is 0 Å². The normalized spacial score (nSPS) is 25.5. The Morgan fingerprint density at radius 2 is 0.971 bits per heavy atom. The molecule has 2 rings (SSSR count). The van der Waals surface area contributed by atoms with Gasteiger partial charge < -0.3 is 29.5 Å². The molecule has 0 aromatic heterocycles. The lowest BCUT2D eigenvalue weighted by molar-refractivity contribution is -0.146. The summed E-state index contributed by atoms with van der Waals surface area (Å²) < 4.78 is 10.5. The van der Waals surface area contributed by atoms with Crippen molar-refractivity contribution in [1.29, 1.82) is 0 Å². The summed E-state index contributed by atoms with van der Waals surface area (Å²) in [5.41, 5.74) is -1.02. The number of carbonyl (C=O) groups excluding carboxylic acids is 2. The van der Waals surface area contributed by atoms with Crippen LogP contribution in [0, 0.1) is 23.7 Å². The van der Waals surface area contributed by atoms with Crippen molar-refractivity contribution in [3.63, 3.8) is 0 Å². The highest BCUT2D eigenvalue weighted by atomic mass is 16.6. The maximum absolute atomic E-state index is 11.8. The van der Waals surface area contributed by atoms with E-state index in [0.29, 0.717) is 39.0 Å². The number of carboxylic acids is 2. The van der Waals surface area contributed by atoms with Crippen molar-refractivity contribution in [3.05, 3.63) is 0 Å². The highest BCUT2D eigenvalue weighted by Crippen LogP contribution is 2.26. The monoisotopic (exact) mass is 486 g/mol. The van der Waals surface area contributed by atoms with Crippen LogP contribution in [0.25, 0.3) is 0 Å². The van der Waals surface area contributed by atoms with E-state index in [2.05, 4.69) is 0 Å². The van der Waals surface area contributed by atoms with E-state index in [1.54, 1.807) is 9.80 Å². The summed E-state index contributed by atoms with van der Waals surface area (Å²) in [7, 11) is 0. The molecule has 34 heavy (non-hydrogen) atoms. The quantitative estimate of drug-likeness (QED) is 0.600. The molecule has 0 spiro atoms. The van der Waals surface area contributed by atoms with Gasteiger partial charge in [-0.05, 0) is 66.2 Å². The molecule has 0 aromatic rings. The predicted octanol–water partition coefficient (Wildman–Crippen LogP) is 3.93. The van der Waals surface area contributed by atoms with Crippen molar-refractivity contribution in [2.45, 2.75) is 79.4 Å². The van der Waals surface area contributed by atoms with Crippen molar-refractivity contribution in [1.82, 2.24) is 9.80 Å². The van der Waals surface area contributed by atoms with Gasteiger partial charge in [-0.3, -0.25) is 9.59 Å². The molecule has 2 amide bonds. The molecule has 0 aromatic carbocycles. The zero-order valence-electron chi connectivity index (χ0n) is 21.8. The van der Waals surface area contributed by atoms with E-state index >= 15 is 0 Å². The fourth-order valence-electron chi connectivity index (χ4n) is 4.01. The second-order valence-corrected chi connectivity index (χ2v) is 11.3. The number of hydrogen-bond donors (Lipinski definition) is 2. The lowest BCUT2D eigenvalue weighted by Crippen LogP contribution is -2.46. The Morgan fingerprint density at radius 1 is 0.676 bits per heavy atom. The minimum Gasteiger partial charge on any atom is -0.481 e. The number of carbonyl (C=O) groups is 4. The van der Waals surface area contributed by atoms with Gasteiger partial charge in [0.1, 0.15) is 11.2 Å². The van der Waals surface area contributed by atoms with Crippen LogP contribution in [0.3, 0.4) is 0 Å². The summed E-state index contributed by atoms with van der Waals surface area (Å²) in [6.45, 7) is 16.4. The summed E-state index contributed by atoms with van der Waals surface area (Å²) in [5.74, 6) is -2.33. The van der Waals surface area contributed by atoms with Crippen LogP contribution in [-0.4, -0.2) is 81.5 Å². The summed E-state index contributed by atoms with van der Waals surface area (Å²) in [4.78, 5) is 48.6. The van der Waals surface area contributed by atoms with E-state index in [1.165, 1.54) is 0 Å². The molecule has 0 saturated carbocycles. The van der Waals surface area contributed by atoms with Gasteiger partial charge in [-0.25, -0.2) is 9.59 Å². The van der Waals surface area contributed by atoms with E-state index in [1.807, 2.05) is 55.4 Å². The van der Waals surface area contributed by atoms with E-state index in [4.69, 9.17) is 19.7 Å². The summed E-state index contributed by atoms with van der Waals surface area (Å²) in [6.07, 6.45) is 0.284. The number of nitrogens with zero attached hydrogens (tertiary/aromatic N) is 2. The van der Waals surface area contributed by atoms with Crippen molar-refractivity contribution >= 4 is 24.1 Å². The highest BCUT2D eigenvalue weighted by molar-refractivity contribution is 5.73. The maximum Gasteiger partial charge on any atom is 0.410 e. The molecule has 0 aliphatic carbocycles. The van der Waals surface area contributed by atoms with Crippen LogP contribution in [0.2, 0.25) is 0 Å². The number of hydrogen-bond acceptors (Lipinski definition) is 6. The molecule has 2 saturated heterocycles. The van der Waals surface area contributed by atoms with Crippen LogP contribution in [0.1, 0.15) is 68.2 Å². The van der Waals surface area contributed by atoms with Gasteiger partial charge in [-0.1, -0.05) is 13.8 Å². The van der Waals surface area contributed by atoms with E-state index in [9.17, 15) is 19.2 Å². The molecule has 196 valence electrons. The molecule has 2 heterocycles. The summed E-state index contributed by atoms with van der Waals surface area (Å²) in [6, 6.07) is 0. The average molecular weight is 487 g/mol. The van der Waals surface area contributed by atoms with Crippen LogP contribution in [-0.2, 0) is 19.1 Å².